The molecule has 4 aliphatic heterocycles. The Kier molecular flexibility index (Phi) is 17.4. The van der Waals surface area contributed by atoms with E-state index in [0.717, 1.165) is 12.0 Å². The molecule has 10 atom stereocenters. The van der Waals surface area contributed by atoms with Crippen LogP contribution in [0.5, 0.6) is 0 Å². The third-order valence-electron chi connectivity index (χ3n) is 10.4. The van der Waals surface area contributed by atoms with Crippen LogP contribution in [-0.4, -0.2) is 133 Å². The monoisotopic (exact) mass is 805 g/mol. The summed E-state index contributed by atoms with van der Waals surface area (Å²) >= 11 is 0. The van der Waals surface area contributed by atoms with Gasteiger partial charge in [0.1, 0.15) is 23.9 Å². The van der Waals surface area contributed by atoms with Crippen molar-refractivity contribution in [2.45, 2.75) is 141 Å². The molecule has 0 aromatic carbocycles. The first kappa shape index (κ1) is 45.7. The number of hydroxylamine groups is 2. The SMILES string of the molecule is CC(=O)O[C@@H](C)/C=C\C(=O)N[C@@H]1C[C@H](C)[C@H](C/C=C(C)/C=C/[C@H]2O[C@H](CC(=O)NCCOCCOCCC(=O)ON3C(=O)CCC3=O)CC3(O[C@@H]3C)[C@@H]2O)O[C@@H]1C. The Morgan fingerprint density at radius 3 is 2.35 bits per heavy atom. The van der Waals surface area contributed by atoms with Crippen LogP contribution in [-0.2, 0) is 62.0 Å². The molecule has 4 rings (SSSR count). The molecule has 17 nitrogen and oxygen atoms in total. The second kappa shape index (κ2) is 21.7. The van der Waals surface area contributed by atoms with Crippen LogP contribution in [0.3, 0.4) is 0 Å². The van der Waals surface area contributed by atoms with Crippen LogP contribution in [0, 0.1) is 5.92 Å². The zero-order valence-corrected chi connectivity index (χ0v) is 33.8. The van der Waals surface area contributed by atoms with E-state index in [0.29, 0.717) is 17.9 Å². The van der Waals surface area contributed by atoms with Gasteiger partial charge < -0.3 is 49.0 Å². The van der Waals surface area contributed by atoms with E-state index in [1.807, 2.05) is 26.8 Å². The lowest BCUT2D eigenvalue weighted by molar-refractivity contribution is -0.198. The van der Waals surface area contributed by atoms with Crippen LogP contribution in [0.2, 0.25) is 0 Å². The van der Waals surface area contributed by atoms with Crippen molar-refractivity contribution >= 4 is 35.6 Å². The summed E-state index contributed by atoms with van der Waals surface area (Å²) in [4.78, 5) is 75.9. The van der Waals surface area contributed by atoms with Gasteiger partial charge >= 0.3 is 11.9 Å². The van der Waals surface area contributed by atoms with Gasteiger partial charge in [-0.1, -0.05) is 30.7 Å². The number of carbonyl (C=O) groups is 6. The Hall–Kier alpha value is -4.00. The summed E-state index contributed by atoms with van der Waals surface area (Å²) in [5, 5.41) is 17.5. The highest BCUT2D eigenvalue weighted by Gasteiger charge is 2.64. The van der Waals surface area contributed by atoms with Crippen molar-refractivity contribution in [2.75, 3.05) is 33.0 Å². The van der Waals surface area contributed by atoms with Gasteiger partial charge in [0, 0.05) is 38.8 Å². The van der Waals surface area contributed by atoms with Crippen molar-refractivity contribution in [3.05, 3.63) is 36.0 Å². The number of amides is 4. The fraction of sp³-hybridized carbons (Fsp3) is 0.700. The van der Waals surface area contributed by atoms with Crippen LogP contribution in [0.25, 0.3) is 0 Å². The number of imide groups is 1. The number of hydrogen-bond acceptors (Lipinski definition) is 14. The molecule has 0 radical (unpaired) electrons. The van der Waals surface area contributed by atoms with Crippen molar-refractivity contribution < 1.29 is 67.1 Å². The number of allylic oxidation sites excluding steroid dienone is 2. The van der Waals surface area contributed by atoms with E-state index in [-0.39, 0.29) is 101 Å². The zero-order chi connectivity index (χ0) is 41.7. The maximum atomic E-state index is 12.8. The molecule has 1 unspecified atom stereocenters. The molecule has 4 heterocycles. The van der Waals surface area contributed by atoms with Crippen molar-refractivity contribution in [1.29, 1.82) is 0 Å². The molecule has 4 saturated heterocycles. The van der Waals surface area contributed by atoms with E-state index in [1.165, 1.54) is 19.1 Å². The second-order valence-corrected chi connectivity index (χ2v) is 15.1. The number of nitrogens with one attached hydrogen (secondary N) is 2. The van der Waals surface area contributed by atoms with Crippen molar-refractivity contribution in [3.8, 4) is 0 Å². The van der Waals surface area contributed by atoms with Crippen molar-refractivity contribution in [1.82, 2.24) is 15.7 Å². The lowest BCUT2D eigenvalue weighted by Gasteiger charge is -2.39. The van der Waals surface area contributed by atoms with Crippen LogP contribution in [0.1, 0.15) is 86.5 Å². The average Bonchev–Trinajstić information content (AvgIpc) is 3.68. The number of rotatable bonds is 20. The summed E-state index contributed by atoms with van der Waals surface area (Å²) < 4.78 is 34.2. The van der Waals surface area contributed by atoms with Crippen molar-refractivity contribution in [3.63, 3.8) is 0 Å². The Morgan fingerprint density at radius 2 is 1.68 bits per heavy atom. The zero-order valence-electron chi connectivity index (χ0n) is 33.8. The molecule has 318 valence electrons. The maximum Gasteiger partial charge on any atom is 0.335 e. The number of esters is 1. The van der Waals surface area contributed by atoms with Crippen LogP contribution in [0.4, 0.5) is 0 Å². The molecular formula is C40H59N3O14. The average molecular weight is 806 g/mol. The Bertz CT molecular complexity index is 1520. The van der Waals surface area contributed by atoms with Gasteiger partial charge in [-0.05, 0) is 52.5 Å². The van der Waals surface area contributed by atoms with Gasteiger partial charge in [-0.3, -0.25) is 24.0 Å². The van der Waals surface area contributed by atoms with Crippen LogP contribution < -0.4 is 10.6 Å². The van der Waals surface area contributed by atoms with E-state index in [1.54, 1.807) is 13.0 Å². The summed E-state index contributed by atoms with van der Waals surface area (Å²) in [6.45, 7) is 11.8. The number of carbonyl (C=O) groups excluding carboxylic acids is 6. The van der Waals surface area contributed by atoms with E-state index in [2.05, 4.69) is 23.6 Å². The minimum atomic E-state index is -0.898. The summed E-state index contributed by atoms with van der Waals surface area (Å²) in [6, 6.07) is -0.163. The first-order chi connectivity index (χ1) is 27.1. The molecule has 0 aliphatic carbocycles. The minimum Gasteiger partial charge on any atom is -0.459 e. The standard InChI is InChI=1S/C40H59N3O14/c1-24(7-10-32-25(2)21-31(27(4)54-32)42-34(45)12-9-26(3)53-29(6)44)8-11-33-39(50)40(28(5)56-40)23-30(55-33)22-35(46)41-16-18-52-20-19-51-17-15-38(49)57-43-36(47)13-14-37(43)48/h7-9,11-12,25-28,30-33,39,50H,10,13-23H2,1-6H3,(H,41,46)(H,42,45)/b11-8+,12-9-,24-7+/t25-,26-,27+,28+,30+,31+,32-,33+,39+,40?/m0/s1. The number of aliphatic hydroxyl groups is 1. The van der Waals surface area contributed by atoms with Crippen LogP contribution >= 0.6 is 0 Å². The third-order valence-corrected chi connectivity index (χ3v) is 10.4. The first-order valence-electron chi connectivity index (χ1n) is 19.7. The molecule has 0 aromatic rings. The smallest absolute Gasteiger partial charge is 0.335 e. The first-order valence-corrected chi connectivity index (χ1v) is 19.7. The second-order valence-electron chi connectivity index (χ2n) is 15.1. The minimum absolute atomic E-state index is 0.0271. The number of hydrogen-bond donors (Lipinski definition) is 3. The van der Waals surface area contributed by atoms with Gasteiger partial charge in [0.05, 0.1) is 69.7 Å². The van der Waals surface area contributed by atoms with Gasteiger partial charge in [0.25, 0.3) is 11.8 Å². The fourth-order valence-corrected chi connectivity index (χ4v) is 7.10. The molecule has 17 heteroatoms. The predicted octanol–water partition coefficient (Wildman–Crippen LogP) is 1.90. The molecule has 4 aliphatic rings. The molecule has 3 N–H and O–H groups in total. The van der Waals surface area contributed by atoms with E-state index < -0.39 is 53.8 Å². The topological polar surface area (TPSA) is 218 Å². The Morgan fingerprint density at radius 1 is 1.00 bits per heavy atom. The Balaban J connectivity index is 1.13. The summed E-state index contributed by atoms with van der Waals surface area (Å²) in [7, 11) is 0. The van der Waals surface area contributed by atoms with Gasteiger partial charge in [-0.25, -0.2) is 4.79 Å². The number of epoxide rings is 1. The van der Waals surface area contributed by atoms with Crippen LogP contribution in [0.15, 0.2) is 36.0 Å². The highest BCUT2D eigenvalue weighted by atomic mass is 16.7. The van der Waals surface area contributed by atoms with Crippen molar-refractivity contribution in [2.24, 2.45) is 5.92 Å². The normalized spacial score (nSPS) is 30.9. The summed E-state index contributed by atoms with van der Waals surface area (Å²) in [5.41, 5.74) is 0.180. The van der Waals surface area contributed by atoms with E-state index in [9.17, 15) is 33.9 Å². The lowest BCUT2D eigenvalue weighted by Crippen LogP contribution is -2.51. The molecule has 0 bridgehead atoms. The van der Waals surface area contributed by atoms with Gasteiger partial charge in [-0.2, -0.15) is 0 Å². The van der Waals surface area contributed by atoms with Gasteiger partial charge in [-0.15, -0.1) is 5.06 Å². The fourth-order valence-electron chi connectivity index (χ4n) is 7.10. The summed E-state index contributed by atoms with van der Waals surface area (Å²) in [6.07, 6.45) is 7.49. The third kappa shape index (κ3) is 14.1. The quantitative estimate of drug-likeness (QED) is 0.0400. The number of ether oxygens (including phenoxy) is 6. The highest BCUT2D eigenvalue weighted by molar-refractivity contribution is 6.01. The van der Waals surface area contributed by atoms with E-state index >= 15 is 0 Å². The predicted molar refractivity (Wildman–Crippen MR) is 202 cm³/mol. The summed E-state index contributed by atoms with van der Waals surface area (Å²) in [5.74, 6) is -2.56. The molecule has 57 heavy (non-hydrogen) atoms. The lowest BCUT2D eigenvalue weighted by atomic mass is 9.84. The molecule has 0 aromatic heterocycles. The Labute approximate surface area is 333 Å². The molecular weight excluding hydrogens is 746 g/mol. The molecule has 4 fully saturated rings. The largest absolute Gasteiger partial charge is 0.459 e. The maximum absolute atomic E-state index is 12.8. The van der Waals surface area contributed by atoms with E-state index in [4.69, 9.17) is 33.3 Å². The van der Waals surface area contributed by atoms with Gasteiger partial charge in [0.2, 0.25) is 11.8 Å². The highest BCUT2D eigenvalue weighted by Crippen LogP contribution is 2.49. The molecule has 1 spiro atoms. The van der Waals surface area contributed by atoms with Gasteiger partial charge in [0.15, 0.2) is 0 Å². The molecule has 4 amide bonds. The number of aliphatic hydroxyl groups excluding tert-OH is 1. The molecule has 0 saturated carbocycles. The number of nitrogens with zero attached hydrogens (tertiary/aromatic N) is 1.